The summed E-state index contributed by atoms with van der Waals surface area (Å²) < 4.78 is 1.56. The van der Waals surface area contributed by atoms with Crippen LogP contribution in [0.15, 0.2) is 6.20 Å². The van der Waals surface area contributed by atoms with Crippen molar-refractivity contribution in [1.82, 2.24) is 19.9 Å². The van der Waals surface area contributed by atoms with Crippen LogP contribution in [0.4, 0.5) is 0 Å². The fourth-order valence-electron chi connectivity index (χ4n) is 2.59. The third-order valence-corrected chi connectivity index (χ3v) is 4.02. The van der Waals surface area contributed by atoms with Gasteiger partial charge < -0.3 is 10.6 Å². The number of likely N-dealkylation sites (N-methyl/N-ethyl adjacent to an activating group) is 1. The molecule has 0 bridgehead atoms. The summed E-state index contributed by atoms with van der Waals surface area (Å²) in [4.78, 5) is 14.1. The maximum Gasteiger partial charge on any atom is 0.244 e. The van der Waals surface area contributed by atoms with Crippen molar-refractivity contribution in [3.05, 3.63) is 11.9 Å². The molecule has 0 aromatic carbocycles. The Hall–Kier alpha value is -1.43. The third-order valence-electron chi connectivity index (χ3n) is 4.02. The fraction of sp³-hybridized carbons (Fsp3) is 0.769. The normalized spacial score (nSPS) is 23.3. The minimum atomic E-state index is 0.0908. The lowest BCUT2D eigenvalue weighted by atomic mass is 9.87. The molecule has 2 rings (SSSR count). The number of nitrogens with zero attached hydrogens (tertiary/aromatic N) is 4. The summed E-state index contributed by atoms with van der Waals surface area (Å²) in [7, 11) is 1.89. The van der Waals surface area contributed by atoms with Crippen molar-refractivity contribution in [2.45, 2.75) is 51.7 Å². The maximum atomic E-state index is 12.2. The van der Waals surface area contributed by atoms with Gasteiger partial charge in [-0.2, -0.15) is 0 Å². The second kappa shape index (κ2) is 6.14. The van der Waals surface area contributed by atoms with E-state index in [0.717, 1.165) is 18.8 Å². The van der Waals surface area contributed by atoms with Crippen LogP contribution in [0.1, 0.15) is 38.3 Å². The molecule has 1 aliphatic carbocycles. The summed E-state index contributed by atoms with van der Waals surface area (Å²) in [6, 6.07) is 0.376. The van der Waals surface area contributed by atoms with Gasteiger partial charge in [-0.15, -0.1) is 5.10 Å². The molecule has 19 heavy (non-hydrogen) atoms. The molecule has 1 fully saturated rings. The number of hydrogen-bond donors (Lipinski definition) is 1. The van der Waals surface area contributed by atoms with E-state index >= 15 is 0 Å². The van der Waals surface area contributed by atoms with E-state index in [2.05, 4.69) is 17.2 Å². The number of amides is 1. The molecule has 1 aromatic rings. The molecular formula is C13H23N5O. The summed E-state index contributed by atoms with van der Waals surface area (Å²) in [6.45, 7) is 2.88. The van der Waals surface area contributed by atoms with E-state index in [1.807, 2.05) is 11.9 Å². The molecule has 0 aliphatic heterocycles. The van der Waals surface area contributed by atoms with Crippen LogP contribution in [0.5, 0.6) is 0 Å². The van der Waals surface area contributed by atoms with E-state index in [1.165, 1.54) is 12.8 Å². The standard InChI is InChI=1S/C13H23N5O/c1-10-3-5-12(6-4-10)17(2)13(19)9-18-8-11(7-14)15-16-18/h8,10,12H,3-7,9,14H2,1-2H3. The van der Waals surface area contributed by atoms with Gasteiger partial charge in [0.1, 0.15) is 6.54 Å². The number of carbonyl (C=O) groups excluding carboxylic acids is 1. The summed E-state index contributed by atoms with van der Waals surface area (Å²) in [5.74, 6) is 0.884. The molecule has 6 nitrogen and oxygen atoms in total. The molecule has 6 heteroatoms. The zero-order chi connectivity index (χ0) is 13.8. The van der Waals surface area contributed by atoms with Gasteiger partial charge in [-0.3, -0.25) is 4.79 Å². The Balaban J connectivity index is 1.88. The van der Waals surface area contributed by atoms with Crippen molar-refractivity contribution in [1.29, 1.82) is 0 Å². The first-order valence-electron chi connectivity index (χ1n) is 6.95. The van der Waals surface area contributed by atoms with Gasteiger partial charge in [0, 0.05) is 19.6 Å². The predicted molar refractivity (Wildman–Crippen MR) is 72.1 cm³/mol. The summed E-state index contributed by atoms with van der Waals surface area (Å²) in [5.41, 5.74) is 6.18. The van der Waals surface area contributed by atoms with Crippen molar-refractivity contribution in [3.63, 3.8) is 0 Å². The first-order valence-corrected chi connectivity index (χ1v) is 6.95. The fourth-order valence-corrected chi connectivity index (χ4v) is 2.59. The lowest BCUT2D eigenvalue weighted by molar-refractivity contribution is -0.133. The molecule has 0 atom stereocenters. The zero-order valence-electron chi connectivity index (χ0n) is 11.7. The molecule has 1 aromatic heterocycles. The van der Waals surface area contributed by atoms with Crippen LogP contribution in [0.25, 0.3) is 0 Å². The van der Waals surface area contributed by atoms with E-state index < -0.39 is 0 Å². The third kappa shape index (κ3) is 3.53. The first-order chi connectivity index (χ1) is 9.10. The molecular weight excluding hydrogens is 242 g/mol. The van der Waals surface area contributed by atoms with E-state index in [9.17, 15) is 4.79 Å². The smallest absolute Gasteiger partial charge is 0.244 e. The Morgan fingerprint density at radius 2 is 2.16 bits per heavy atom. The van der Waals surface area contributed by atoms with Gasteiger partial charge in [0.25, 0.3) is 0 Å². The average Bonchev–Trinajstić information content (AvgIpc) is 2.86. The topological polar surface area (TPSA) is 77.0 Å². The van der Waals surface area contributed by atoms with E-state index in [4.69, 9.17) is 5.73 Å². The molecule has 0 spiro atoms. The van der Waals surface area contributed by atoms with Gasteiger partial charge in [-0.05, 0) is 31.6 Å². The minimum Gasteiger partial charge on any atom is -0.341 e. The maximum absolute atomic E-state index is 12.2. The summed E-state index contributed by atoms with van der Waals surface area (Å²) >= 11 is 0. The summed E-state index contributed by atoms with van der Waals surface area (Å²) in [5, 5.41) is 7.79. The highest BCUT2D eigenvalue weighted by atomic mass is 16.2. The molecule has 0 saturated heterocycles. The highest BCUT2D eigenvalue weighted by Gasteiger charge is 2.24. The van der Waals surface area contributed by atoms with Gasteiger partial charge in [0.15, 0.2) is 0 Å². The van der Waals surface area contributed by atoms with E-state index in [1.54, 1.807) is 10.9 Å². The highest BCUT2D eigenvalue weighted by Crippen LogP contribution is 2.26. The van der Waals surface area contributed by atoms with Gasteiger partial charge >= 0.3 is 0 Å². The molecule has 1 saturated carbocycles. The number of hydrogen-bond acceptors (Lipinski definition) is 4. The molecule has 0 unspecified atom stereocenters. The van der Waals surface area contributed by atoms with Crippen LogP contribution in [-0.2, 0) is 17.9 Å². The molecule has 1 heterocycles. The first kappa shape index (κ1) is 14.0. The average molecular weight is 265 g/mol. The van der Waals surface area contributed by atoms with Crippen molar-refractivity contribution in [2.75, 3.05) is 7.05 Å². The summed E-state index contributed by atoms with van der Waals surface area (Å²) in [6.07, 6.45) is 6.37. The van der Waals surface area contributed by atoms with Gasteiger partial charge in [-0.25, -0.2) is 4.68 Å². The van der Waals surface area contributed by atoms with Crippen molar-refractivity contribution >= 4 is 5.91 Å². The lowest BCUT2D eigenvalue weighted by Gasteiger charge is -2.33. The number of aromatic nitrogens is 3. The van der Waals surface area contributed by atoms with Gasteiger partial charge in [0.05, 0.1) is 11.9 Å². The van der Waals surface area contributed by atoms with Crippen LogP contribution in [0.3, 0.4) is 0 Å². The second-order valence-electron chi connectivity index (χ2n) is 5.53. The number of nitrogens with two attached hydrogens (primary N) is 1. The Morgan fingerprint density at radius 1 is 1.47 bits per heavy atom. The van der Waals surface area contributed by atoms with Crippen LogP contribution < -0.4 is 5.73 Å². The van der Waals surface area contributed by atoms with Gasteiger partial charge in [0.2, 0.25) is 5.91 Å². The van der Waals surface area contributed by atoms with Crippen molar-refractivity contribution < 1.29 is 4.79 Å². The second-order valence-corrected chi connectivity index (χ2v) is 5.53. The Labute approximate surface area is 113 Å². The SMILES string of the molecule is CC1CCC(N(C)C(=O)Cn2cc(CN)nn2)CC1. The molecule has 106 valence electrons. The lowest BCUT2D eigenvalue weighted by Crippen LogP contribution is -2.41. The van der Waals surface area contributed by atoms with Crippen LogP contribution >= 0.6 is 0 Å². The largest absolute Gasteiger partial charge is 0.341 e. The van der Waals surface area contributed by atoms with Crippen LogP contribution in [0, 0.1) is 5.92 Å². The van der Waals surface area contributed by atoms with Crippen LogP contribution in [0.2, 0.25) is 0 Å². The van der Waals surface area contributed by atoms with Crippen LogP contribution in [-0.4, -0.2) is 38.9 Å². The van der Waals surface area contributed by atoms with Gasteiger partial charge in [-0.1, -0.05) is 12.1 Å². The predicted octanol–water partition coefficient (Wildman–Crippen LogP) is 0.774. The van der Waals surface area contributed by atoms with Crippen molar-refractivity contribution in [2.24, 2.45) is 11.7 Å². The Kier molecular flexibility index (Phi) is 4.52. The van der Waals surface area contributed by atoms with E-state index in [0.29, 0.717) is 18.3 Å². The Bertz CT molecular complexity index is 422. The van der Waals surface area contributed by atoms with E-state index in [-0.39, 0.29) is 12.5 Å². The molecule has 1 amide bonds. The minimum absolute atomic E-state index is 0.0908. The molecule has 1 aliphatic rings. The Morgan fingerprint density at radius 3 is 2.74 bits per heavy atom. The highest BCUT2D eigenvalue weighted by molar-refractivity contribution is 5.75. The number of carbonyl (C=O) groups is 1. The quantitative estimate of drug-likeness (QED) is 0.872. The molecule has 2 N–H and O–H groups in total. The molecule has 0 radical (unpaired) electrons. The zero-order valence-corrected chi connectivity index (χ0v) is 11.7. The van der Waals surface area contributed by atoms with Crippen molar-refractivity contribution in [3.8, 4) is 0 Å². The monoisotopic (exact) mass is 265 g/mol. The number of rotatable bonds is 4.